The summed E-state index contributed by atoms with van der Waals surface area (Å²) in [5.74, 6) is 1.02. The van der Waals surface area contributed by atoms with Crippen LogP contribution in [0.1, 0.15) is 64.7 Å². The van der Waals surface area contributed by atoms with Crippen molar-refractivity contribution in [2.45, 2.75) is 69.6 Å². The molecule has 0 spiro atoms. The predicted molar refractivity (Wildman–Crippen MR) is 122 cm³/mol. The third kappa shape index (κ3) is 4.79. The molecule has 2 N–H and O–H groups in total. The Morgan fingerprint density at radius 2 is 1.66 bits per heavy atom. The number of halogens is 1. The number of Topliss-reactive ketones (excluding diaryl/α,β-unsaturated/α-hetero) is 1. The van der Waals surface area contributed by atoms with Crippen LogP contribution in [0.4, 0.5) is 4.39 Å². The molecule has 0 atom stereocenters. The van der Waals surface area contributed by atoms with E-state index in [1.54, 1.807) is 24.3 Å². The lowest BCUT2D eigenvalue weighted by molar-refractivity contribution is -0.138. The number of rotatable bonds is 10. The summed E-state index contributed by atoms with van der Waals surface area (Å²) in [6, 6.07) is 6.30. The van der Waals surface area contributed by atoms with Crippen LogP contribution in [-0.2, 0) is 14.6 Å². The summed E-state index contributed by atoms with van der Waals surface area (Å²) in [6.07, 6.45) is 8.36. The van der Waals surface area contributed by atoms with Crippen LogP contribution in [0.25, 0.3) is 0 Å². The summed E-state index contributed by atoms with van der Waals surface area (Å²) < 4.78 is 44.4. The summed E-state index contributed by atoms with van der Waals surface area (Å²) in [7, 11) is -3.45. The van der Waals surface area contributed by atoms with Gasteiger partial charge in [0.05, 0.1) is 17.0 Å². The van der Waals surface area contributed by atoms with Crippen molar-refractivity contribution in [1.29, 1.82) is 0 Å². The number of carbonyl (C=O) groups is 1. The highest BCUT2D eigenvalue weighted by atomic mass is 32.2. The van der Waals surface area contributed by atoms with Crippen molar-refractivity contribution in [3.05, 3.63) is 36.2 Å². The molecule has 1 aromatic rings. The van der Waals surface area contributed by atoms with Crippen molar-refractivity contribution in [2.24, 2.45) is 22.0 Å². The minimum absolute atomic E-state index is 0.0296. The van der Waals surface area contributed by atoms with Gasteiger partial charge < -0.3 is 10.5 Å². The first-order valence-electron chi connectivity index (χ1n) is 11.6. The molecule has 5 nitrogen and oxygen atoms in total. The number of carbonyl (C=O) groups excluding carboxylic acids is 1. The molecule has 5 rings (SSSR count). The Morgan fingerprint density at radius 3 is 2.16 bits per heavy atom. The molecule has 0 radical (unpaired) electrons. The molecule has 7 heteroatoms. The second kappa shape index (κ2) is 8.56. The highest BCUT2D eigenvalue weighted by Gasteiger charge is 2.54. The average molecular weight is 464 g/mol. The third-order valence-electron chi connectivity index (χ3n) is 8.20. The van der Waals surface area contributed by atoms with E-state index in [9.17, 15) is 17.6 Å². The fraction of sp³-hybridized carbons (Fsp3) is 0.640. The quantitative estimate of drug-likeness (QED) is 0.541. The van der Waals surface area contributed by atoms with E-state index in [1.807, 2.05) is 0 Å². The molecule has 4 aliphatic rings. The summed E-state index contributed by atoms with van der Waals surface area (Å²) in [4.78, 5) is 13.3. The summed E-state index contributed by atoms with van der Waals surface area (Å²) >= 11 is 0. The Kier molecular flexibility index (Phi) is 6.27. The SMILES string of the molecule is CC1(CC(=O)C23CCC(CS(=O)(=O)c4ccc(OC/C(=C/F)CN)cc4)(CC2)CC3)CC1. The van der Waals surface area contributed by atoms with Crippen LogP contribution in [0.5, 0.6) is 5.75 Å². The molecule has 32 heavy (non-hydrogen) atoms. The molecular formula is C25H34FNO4S. The Hall–Kier alpha value is -1.73. The van der Waals surface area contributed by atoms with Crippen LogP contribution in [0.2, 0.25) is 0 Å². The fourth-order valence-corrected chi connectivity index (χ4v) is 7.36. The van der Waals surface area contributed by atoms with Crippen molar-refractivity contribution < 1.29 is 22.3 Å². The van der Waals surface area contributed by atoms with Crippen LogP contribution in [0.3, 0.4) is 0 Å². The second-order valence-electron chi connectivity index (χ2n) is 10.7. The zero-order chi connectivity index (χ0) is 23.0. The first-order chi connectivity index (χ1) is 15.1. The largest absolute Gasteiger partial charge is 0.489 e. The Balaban J connectivity index is 1.37. The number of ketones is 1. The lowest BCUT2D eigenvalue weighted by Gasteiger charge is -2.52. The molecule has 176 valence electrons. The van der Waals surface area contributed by atoms with Gasteiger partial charge in [-0.15, -0.1) is 0 Å². The summed E-state index contributed by atoms with van der Waals surface area (Å²) in [5, 5.41) is 0. The lowest BCUT2D eigenvalue weighted by Crippen LogP contribution is -2.48. The minimum Gasteiger partial charge on any atom is -0.489 e. The van der Waals surface area contributed by atoms with E-state index in [0.717, 1.165) is 51.4 Å². The van der Waals surface area contributed by atoms with Gasteiger partial charge in [0.1, 0.15) is 18.1 Å². The molecular weight excluding hydrogens is 429 g/mol. The molecule has 4 saturated carbocycles. The van der Waals surface area contributed by atoms with Gasteiger partial charge in [0.2, 0.25) is 0 Å². The van der Waals surface area contributed by atoms with Crippen molar-refractivity contribution in [3.8, 4) is 5.75 Å². The molecule has 0 unspecified atom stereocenters. The Labute approximate surface area is 190 Å². The van der Waals surface area contributed by atoms with Gasteiger partial charge in [-0.3, -0.25) is 4.79 Å². The highest BCUT2D eigenvalue weighted by Crippen LogP contribution is 2.60. The van der Waals surface area contributed by atoms with Crippen molar-refractivity contribution in [3.63, 3.8) is 0 Å². The first-order valence-corrected chi connectivity index (χ1v) is 13.3. The number of nitrogens with two attached hydrogens (primary N) is 1. The number of hydrogen-bond acceptors (Lipinski definition) is 5. The van der Waals surface area contributed by atoms with Crippen molar-refractivity contribution in [1.82, 2.24) is 0 Å². The summed E-state index contributed by atoms with van der Waals surface area (Å²) in [6.45, 7) is 2.30. The van der Waals surface area contributed by atoms with Crippen molar-refractivity contribution >= 4 is 15.6 Å². The number of hydrogen-bond donors (Lipinski definition) is 1. The van der Waals surface area contributed by atoms with E-state index in [0.29, 0.717) is 29.9 Å². The van der Waals surface area contributed by atoms with Gasteiger partial charge in [0.15, 0.2) is 9.84 Å². The zero-order valence-electron chi connectivity index (χ0n) is 18.9. The number of ether oxygens (including phenoxy) is 1. The maximum atomic E-state index is 13.2. The monoisotopic (exact) mass is 463 g/mol. The van der Waals surface area contributed by atoms with E-state index in [4.69, 9.17) is 10.5 Å². The molecule has 4 fully saturated rings. The maximum absolute atomic E-state index is 13.2. The molecule has 2 bridgehead atoms. The van der Waals surface area contributed by atoms with Gasteiger partial charge in [0.25, 0.3) is 0 Å². The Bertz CT molecular complexity index is 971. The van der Waals surface area contributed by atoms with Crippen LogP contribution in [0.15, 0.2) is 41.1 Å². The van der Waals surface area contributed by atoms with Gasteiger partial charge in [-0.05, 0) is 86.5 Å². The van der Waals surface area contributed by atoms with E-state index in [2.05, 4.69) is 6.92 Å². The fourth-order valence-electron chi connectivity index (χ4n) is 5.40. The van der Waals surface area contributed by atoms with Crippen LogP contribution in [-0.4, -0.2) is 33.1 Å². The first kappa shape index (κ1) is 23.4. The minimum atomic E-state index is -3.45. The van der Waals surface area contributed by atoms with Crippen LogP contribution >= 0.6 is 0 Å². The summed E-state index contributed by atoms with van der Waals surface area (Å²) in [5.41, 5.74) is 5.55. The predicted octanol–water partition coefficient (Wildman–Crippen LogP) is 4.75. The molecule has 0 saturated heterocycles. The lowest BCUT2D eigenvalue weighted by atomic mass is 9.52. The molecule has 0 aliphatic heterocycles. The van der Waals surface area contributed by atoms with Gasteiger partial charge in [-0.1, -0.05) is 6.92 Å². The second-order valence-corrected chi connectivity index (χ2v) is 12.7. The van der Waals surface area contributed by atoms with Crippen LogP contribution < -0.4 is 10.5 Å². The maximum Gasteiger partial charge on any atom is 0.178 e. The van der Waals surface area contributed by atoms with Gasteiger partial charge >= 0.3 is 0 Å². The molecule has 4 aliphatic carbocycles. The zero-order valence-corrected chi connectivity index (χ0v) is 19.7. The third-order valence-corrected chi connectivity index (χ3v) is 10.2. The molecule has 1 aromatic carbocycles. The van der Waals surface area contributed by atoms with E-state index in [1.165, 1.54) is 0 Å². The van der Waals surface area contributed by atoms with E-state index in [-0.39, 0.29) is 40.0 Å². The van der Waals surface area contributed by atoms with Gasteiger partial charge in [0, 0.05) is 24.0 Å². The van der Waals surface area contributed by atoms with E-state index < -0.39 is 9.84 Å². The van der Waals surface area contributed by atoms with Gasteiger partial charge in [-0.2, -0.15) is 0 Å². The average Bonchev–Trinajstić information content (AvgIpc) is 3.52. The number of fused-ring (bicyclic) bond motifs is 3. The number of benzene rings is 1. The molecule has 0 amide bonds. The topological polar surface area (TPSA) is 86.5 Å². The van der Waals surface area contributed by atoms with Crippen LogP contribution in [0, 0.1) is 16.2 Å². The molecule has 0 aromatic heterocycles. The van der Waals surface area contributed by atoms with E-state index >= 15 is 0 Å². The normalized spacial score (nSPS) is 29.0. The molecule has 0 heterocycles. The van der Waals surface area contributed by atoms with Gasteiger partial charge in [-0.25, -0.2) is 12.8 Å². The standard InChI is InChI=1S/C25H34FNO4S/c1-23(6-7-23)14-22(28)25-11-8-24(9-12-25,10-13-25)18-32(29,30)21-4-2-20(3-5-21)31-17-19(15-26)16-27/h2-5,15H,6-14,16-18,27H2,1H3/b19-15+. The smallest absolute Gasteiger partial charge is 0.178 e. The highest BCUT2D eigenvalue weighted by molar-refractivity contribution is 7.91. The Morgan fingerprint density at radius 1 is 1.06 bits per heavy atom. The number of sulfone groups is 1. The van der Waals surface area contributed by atoms with Crippen molar-refractivity contribution in [2.75, 3.05) is 18.9 Å².